The molecule has 1 saturated heterocycles. The number of carboxylic acid groups (broad SMARTS) is 1. The molecule has 1 aliphatic carbocycles. The molecule has 0 radical (unpaired) electrons. The highest BCUT2D eigenvalue weighted by Crippen LogP contribution is 2.39. The molecule has 6 heteroatoms. The predicted octanol–water partition coefficient (Wildman–Crippen LogP) is 2.06. The number of nitrogens with zero attached hydrogens (tertiary/aromatic N) is 2. The molecule has 1 aliphatic heterocycles. The fourth-order valence-electron chi connectivity index (χ4n) is 3.01. The summed E-state index contributed by atoms with van der Waals surface area (Å²) in [6.45, 7) is 0. The highest BCUT2D eigenvalue weighted by Gasteiger charge is 2.36. The summed E-state index contributed by atoms with van der Waals surface area (Å²) in [6, 6.07) is 8.20. The number of carbonyl (C=O) groups is 1. The number of benzene rings is 1. The Kier molecular flexibility index (Phi) is 2.78. The molecule has 2 heterocycles. The number of hydrogen-bond donors (Lipinski definition) is 1. The molecule has 1 fully saturated rings. The van der Waals surface area contributed by atoms with Gasteiger partial charge in [-0.05, 0) is 30.4 Å². The first-order chi connectivity index (χ1) is 10.2. The molecule has 3 atom stereocenters. The lowest BCUT2D eigenvalue weighted by atomic mass is 9.77. The molecule has 2 aliphatic rings. The van der Waals surface area contributed by atoms with E-state index in [1.54, 1.807) is 0 Å². The summed E-state index contributed by atoms with van der Waals surface area (Å²) in [6.07, 6.45) is 0.819. The van der Waals surface area contributed by atoms with Crippen molar-refractivity contribution in [3.05, 3.63) is 47.1 Å². The van der Waals surface area contributed by atoms with Gasteiger partial charge in [0.25, 0.3) is 5.89 Å². The predicted molar refractivity (Wildman–Crippen MR) is 70.8 cm³/mol. The topological polar surface area (TPSA) is 85.5 Å². The van der Waals surface area contributed by atoms with E-state index < -0.39 is 18.2 Å². The fourth-order valence-corrected chi connectivity index (χ4v) is 3.01. The van der Waals surface area contributed by atoms with E-state index in [-0.39, 0.29) is 5.92 Å². The highest BCUT2D eigenvalue weighted by molar-refractivity contribution is 5.72. The second kappa shape index (κ2) is 4.66. The van der Waals surface area contributed by atoms with Gasteiger partial charge in [-0.25, -0.2) is 4.79 Å². The smallest absolute Gasteiger partial charge is 0.332 e. The zero-order chi connectivity index (χ0) is 14.4. The average molecular weight is 286 g/mol. The Bertz CT molecular complexity index is 696. The van der Waals surface area contributed by atoms with Crippen LogP contribution in [0.25, 0.3) is 0 Å². The number of carboxylic acids is 1. The second-order valence-corrected chi connectivity index (χ2v) is 5.48. The lowest BCUT2D eigenvalue weighted by Crippen LogP contribution is -2.19. The summed E-state index contributed by atoms with van der Waals surface area (Å²) in [5.41, 5.74) is 2.55. The third-order valence-electron chi connectivity index (χ3n) is 4.19. The Balaban J connectivity index is 1.52. The molecule has 0 bridgehead atoms. The van der Waals surface area contributed by atoms with E-state index in [2.05, 4.69) is 22.3 Å². The Morgan fingerprint density at radius 1 is 1.29 bits per heavy atom. The zero-order valence-corrected chi connectivity index (χ0v) is 11.2. The molecule has 21 heavy (non-hydrogen) atoms. The molecular formula is C15H14N2O4. The zero-order valence-electron chi connectivity index (χ0n) is 11.2. The van der Waals surface area contributed by atoms with Crippen LogP contribution in [0.4, 0.5) is 0 Å². The number of fused-ring (bicyclic) bond motifs is 1. The maximum atomic E-state index is 10.9. The Morgan fingerprint density at radius 2 is 2.14 bits per heavy atom. The largest absolute Gasteiger partial charge is 0.479 e. The van der Waals surface area contributed by atoms with E-state index in [1.165, 1.54) is 11.1 Å². The minimum absolute atomic E-state index is 0.176. The number of rotatable bonds is 3. The Morgan fingerprint density at radius 3 is 2.90 bits per heavy atom. The van der Waals surface area contributed by atoms with Crippen molar-refractivity contribution in [1.29, 1.82) is 0 Å². The van der Waals surface area contributed by atoms with E-state index in [9.17, 15) is 4.79 Å². The lowest BCUT2D eigenvalue weighted by Gasteiger charge is -2.27. The average Bonchev–Trinajstić information content (AvgIpc) is 3.08. The minimum Gasteiger partial charge on any atom is -0.479 e. The van der Waals surface area contributed by atoms with Crippen LogP contribution < -0.4 is 0 Å². The van der Waals surface area contributed by atoms with Crippen LogP contribution in [0, 0.1) is 0 Å². The molecular weight excluding hydrogens is 272 g/mol. The summed E-state index contributed by atoms with van der Waals surface area (Å²) in [7, 11) is 0. The summed E-state index contributed by atoms with van der Waals surface area (Å²) in [4.78, 5) is 15.3. The van der Waals surface area contributed by atoms with E-state index in [0.717, 1.165) is 6.42 Å². The van der Waals surface area contributed by atoms with Gasteiger partial charge in [0.15, 0.2) is 11.9 Å². The van der Waals surface area contributed by atoms with Crippen molar-refractivity contribution in [3.8, 4) is 0 Å². The van der Waals surface area contributed by atoms with Crippen molar-refractivity contribution in [2.75, 3.05) is 0 Å². The Labute approximate surface area is 120 Å². The number of ether oxygens (including phenoxy) is 1. The summed E-state index contributed by atoms with van der Waals surface area (Å²) < 4.78 is 10.7. The van der Waals surface area contributed by atoms with E-state index in [0.29, 0.717) is 24.6 Å². The molecule has 1 aromatic carbocycles. The van der Waals surface area contributed by atoms with Crippen molar-refractivity contribution in [2.45, 2.75) is 37.4 Å². The summed E-state index contributed by atoms with van der Waals surface area (Å²) >= 11 is 0. The number of aromatic nitrogens is 2. The van der Waals surface area contributed by atoms with E-state index in [4.69, 9.17) is 14.4 Å². The van der Waals surface area contributed by atoms with Gasteiger partial charge in [0, 0.05) is 0 Å². The maximum absolute atomic E-state index is 10.9. The van der Waals surface area contributed by atoms with Crippen LogP contribution >= 0.6 is 0 Å². The van der Waals surface area contributed by atoms with Gasteiger partial charge >= 0.3 is 5.97 Å². The van der Waals surface area contributed by atoms with Crippen LogP contribution in [0.1, 0.15) is 47.7 Å². The third kappa shape index (κ3) is 2.03. The first-order valence-electron chi connectivity index (χ1n) is 7.02. The second-order valence-electron chi connectivity index (χ2n) is 5.48. The van der Waals surface area contributed by atoms with Crippen LogP contribution in [-0.4, -0.2) is 27.3 Å². The molecule has 108 valence electrons. The van der Waals surface area contributed by atoms with Crippen molar-refractivity contribution >= 4 is 5.97 Å². The molecule has 3 unspecified atom stereocenters. The molecule has 1 aromatic heterocycles. The van der Waals surface area contributed by atoms with Crippen LogP contribution in [0.3, 0.4) is 0 Å². The molecule has 1 N–H and O–H groups in total. The SMILES string of the molecule is O=C(O)C1CCC(c2nc(C3Cc4ccccc43)no2)O1. The van der Waals surface area contributed by atoms with Gasteiger partial charge in [-0.15, -0.1) is 0 Å². The van der Waals surface area contributed by atoms with Gasteiger partial charge in [0.2, 0.25) is 0 Å². The fraction of sp³-hybridized carbons (Fsp3) is 0.400. The van der Waals surface area contributed by atoms with Crippen LogP contribution in [0.5, 0.6) is 0 Å². The molecule has 6 nitrogen and oxygen atoms in total. The first-order valence-corrected chi connectivity index (χ1v) is 7.02. The molecule has 0 spiro atoms. The number of aliphatic carboxylic acids is 1. The third-order valence-corrected chi connectivity index (χ3v) is 4.19. The maximum Gasteiger partial charge on any atom is 0.332 e. The van der Waals surface area contributed by atoms with Gasteiger partial charge in [-0.1, -0.05) is 29.4 Å². The molecule has 0 amide bonds. The summed E-state index contributed by atoms with van der Waals surface area (Å²) in [5, 5.41) is 13.0. The van der Waals surface area contributed by atoms with Crippen LogP contribution in [0.15, 0.2) is 28.8 Å². The van der Waals surface area contributed by atoms with Gasteiger partial charge in [0.1, 0.15) is 6.10 Å². The van der Waals surface area contributed by atoms with Crippen LogP contribution in [-0.2, 0) is 16.0 Å². The van der Waals surface area contributed by atoms with Gasteiger partial charge in [-0.3, -0.25) is 0 Å². The molecule has 2 aromatic rings. The van der Waals surface area contributed by atoms with Crippen molar-refractivity contribution in [3.63, 3.8) is 0 Å². The lowest BCUT2D eigenvalue weighted by molar-refractivity contribution is -0.150. The number of hydrogen-bond acceptors (Lipinski definition) is 5. The van der Waals surface area contributed by atoms with Crippen LogP contribution in [0.2, 0.25) is 0 Å². The first kappa shape index (κ1) is 12.5. The summed E-state index contributed by atoms with van der Waals surface area (Å²) in [5.74, 6) is 0.282. The molecule has 0 saturated carbocycles. The minimum atomic E-state index is -0.940. The Hall–Kier alpha value is -2.21. The van der Waals surface area contributed by atoms with E-state index in [1.807, 2.05) is 12.1 Å². The molecule has 4 rings (SSSR count). The van der Waals surface area contributed by atoms with Crippen molar-refractivity contribution in [1.82, 2.24) is 10.1 Å². The quantitative estimate of drug-likeness (QED) is 0.929. The highest BCUT2D eigenvalue weighted by atomic mass is 16.5. The monoisotopic (exact) mass is 286 g/mol. The van der Waals surface area contributed by atoms with Crippen molar-refractivity contribution in [2.24, 2.45) is 0 Å². The van der Waals surface area contributed by atoms with E-state index >= 15 is 0 Å². The van der Waals surface area contributed by atoms with Gasteiger partial charge < -0.3 is 14.4 Å². The standard InChI is InChI=1S/C15H14N2O4/c18-15(19)12-6-5-11(20-12)14-16-13(17-21-14)10-7-8-3-1-2-4-9(8)10/h1-4,10-12H,5-7H2,(H,18,19). The van der Waals surface area contributed by atoms with Crippen molar-refractivity contribution < 1.29 is 19.2 Å². The normalized spacial score (nSPS) is 27.1. The van der Waals surface area contributed by atoms with Gasteiger partial charge in [-0.2, -0.15) is 4.98 Å². The van der Waals surface area contributed by atoms with Gasteiger partial charge in [0.05, 0.1) is 5.92 Å².